The average Bonchev–Trinajstić information content (AvgIpc) is 2.93. The van der Waals surface area contributed by atoms with E-state index < -0.39 is 0 Å². The van der Waals surface area contributed by atoms with Gasteiger partial charge in [0.05, 0.1) is 0 Å². The van der Waals surface area contributed by atoms with Gasteiger partial charge in [-0.3, -0.25) is 10.1 Å². The molecule has 2 fully saturated rings. The van der Waals surface area contributed by atoms with Crippen LogP contribution < -0.4 is 5.32 Å². The summed E-state index contributed by atoms with van der Waals surface area (Å²) in [6.45, 7) is 4.43. The molecule has 0 radical (unpaired) electrons. The Morgan fingerprint density at radius 1 is 1.50 bits per heavy atom. The molecular weight excluding hydrogens is 272 g/mol. The van der Waals surface area contributed by atoms with Gasteiger partial charge in [0.25, 0.3) is 0 Å². The molecule has 3 rings (SSSR count). The zero-order valence-corrected chi connectivity index (χ0v) is 12.7. The lowest BCUT2D eigenvalue weighted by Crippen LogP contribution is -2.33. The molecule has 1 aliphatic heterocycles. The Bertz CT molecular complexity index is 456. The number of thiophene rings is 1. The average molecular weight is 294 g/mol. The van der Waals surface area contributed by atoms with Gasteiger partial charge in [0, 0.05) is 24.6 Å². The number of nitrogens with zero attached hydrogens (tertiary/aromatic N) is 1. The number of rotatable bonds is 7. The summed E-state index contributed by atoms with van der Waals surface area (Å²) in [5, 5.41) is 5.61. The van der Waals surface area contributed by atoms with Crippen molar-refractivity contribution in [3.05, 3.63) is 22.4 Å². The van der Waals surface area contributed by atoms with Gasteiger partial charge in [-0.1, -0.05) is 13.0 Å². The number of carbonyl (C=O) groups is 1. The summed E-state index contributed by atoms with van der Waals surface area (Å²) < 4.78 is 5.52. The lowest BCUT2D eigenvalue weighted by molar-refractivity contribution is -0.131. The lowest BCUT2D eigenvalue weighted by atomic mass is 10.2. The van der Waals surface area contributed by atoms with Gasteiger partial charge in [-0.15, -0.1) is 11.3 Å². The Morgan fingerprint density at radius 3 is 3.00 bits per heavy atom. The molecule has 2 aliphatic rings. The summed E-state index contributed by atoms with van der Waals surface area (Å²) in [5.41, 5.74) is -0.237. The molecule has 1 aromatic rings. The van der Waals surface area contributed by atoms with Crippen LogP contribution in [0, 0.1) is 0 Å². The van der Waals surface area contributed by atoms with Crippen molar-refractivity contribution < 1.29 is 9.53 Å². The Balaban J connectivity index is 1.61. The van der Waals surface area contributed by atoms with E-state index in [1.807, 2.05) is 11.0 Å². The summed E-state index contributed by atoms with van der Waals surface area (Å²) in [6, 6.07) is 4.16. The third kappa shape index (κ3) is 2.62. The first-order chi connectivity index (χ1) is 9.77. The quantitative estimate of drug-likeness (QED) is 0.786. The first-order valence-electron chi connectivity index (χ1n) is 7.47. The Morgan fingerprint density at radius 2 is 2.35 bits per heavy atom. The van der Waals surface area contributed by atoms with Gasteiger partial charge >= 0.3 is 0 Å². The van der Waals surface area contributed by atoms with Crippen molar-refractivity contribution in [2.45, 2.75) is 44.3 Å². The molecule has 1 saturated carbocycles. The van der Waals surface area contributed by atoms with Crippen LogP contribution in [0.1, 0.15) is 43.6 Å². The van der Waals surface area contributed by atoms with Gasteiger partial charge in [-0.05, 0) is 37.1 Å². The molecule has 4 nitrogen and oxygen atoms in total. The Labute approximate surface area is 124 Å². The molecular formula is C15H22N2O2S. The van der Waals surface area contributed by atoms with Crippen LogP contribution in [0.2, 0.25) is 0 Å². The number of carbonyl (C=O) groups excluding carboxylic acids is 1. The maximum absolute atomic E-state index is 12.5. The molecule has 5 heteroatoms. The minimum atomic E-state index is -0.237. The van der Waals surface area contributed by atoms with Crippen LogP contribution in [0.4, 0.5) is 0 Å². The van der Waals surface area contributed by atoms with Gasteiger partial charge in [0.1, 0.15) is 11.7 Å². The molecule has 2 heterocycles. The van der Waals surface area contributed by atoms with Crippen LogP contribution in [0.25, 0.3) is 0 Å². The summed E-state index contributed by atoms with van der Waals surface area (Å²) in [6.07, 6.45) is 3.99. The fraction of sp³-hybridized carbons (Fsp3) is 0.667. The van der Waals surface area contributed by atoms with Crippen LogP contribution in [0.3, 0.4) is 0 Å². The molecule has 1 unspecified atom stereocenters. The van der Waals surface area contributed by atoms with Crippen LogP contribution in [-0.4, -0.2) is 36.1 Å². The smallest absolute Gasteiger partial charge is 0.244 e. The van der Waals surface area contributed by atoms with Crippen molar-refractivity contribution in [1.29, 1.82) is 0 Å². The highest BCUT2D eigenvalue weighted by molar-refractivity contribution is 7.10. The summed E-state index contributed by atoms with van der Waals surface area (Å²) >= 11 is 1.71. The molecule has 110 valence electrons. The Kier molecular flexibility index (Phi) is 4.10. The predicted molar refractivity (Wildman–Crippen MR) is 79.6 cm³/mol. The van der Waals surface area contributed by atoms with Crippen LogP contribution in [-0.2, 0) is 9.53 Å². The van der Waals surface area contributed by atoms with Crippen LogP contribution in [0.5, 0.6) is 0 Å². The highest BCUT2D eigenvalue weighted by atomic mass is 32.1. The first-order valence-corrected chi connectivity index (χ1v) is 8.35. The van der Waals surface area contributed by atoms with Gasteiger partial charge in [-0.2, -0.15) is 0 Å². The van der Waals surface area contributed by atoms with E-state index in [0.29, 0.717) is 0 Å². The number of hydrogen-bond donors (Lipinski definition) is 1. The zero-order valence-electron chi connectivity index (χ0n) is 11.9. The van der Waals surface area contributed by atoms with Crippen molar-refractivity contribution in [3.8, 4) is 0 Å². The second-order valence-electron chi connectivity index (χ2n) is 5.61. The molecule has 1 atom stereocenters. The maximum atomic E-state index is 12.5. The number of hydrogen-bond acceptors (Lipinski definition) is 4. The van der Waals surface area contributed by atoms with Crippen molar-refractivity contribution in [2.24, 2.45) is 0 Å². The first kappa shape index (κ1) is 14.0. The van der Waals surface area contributed by atoms with Crippen molar-refractivity contribution in [3.63, 3.8) is 0 Å². The van der Waals surface area contributed by atoms with E-state index in [4.69, 9.17) is 4.74 Å². The third-order valence-corrected chi connectivity index (χ3v) is 4.92. The lowest BCUT2D eigenvalue weighted by Gasteiger charge is -2.23. The maximum Gasteiger partial charge on any atom is 0.244 e. The van der Waals surface area contributed by atoms with E-state index >= 15 is 0 Å². The van der Waals surface area contributed by atoms with Gasteiger partial charge < -0.3 is 9.64 Å². The van der Waals surface area contributed by atoms with Crippen LogP contribution in [0.15, 0.2) is 17.5 Å². The summed E-state index contributed by atoms with van der Waals surface area (Å²) in [7, 11) is 0. The van der Waals surface area contributed by atoms with E-state index in [2.05, 4.69) is 23.7 Å². The summed E-state index contributed by atoms with van der Waals surface area (Å²) in [4.78, 5) is 15.8. The molecule has 0 bridgehead atoms. The SMILES string of the molecule is CCCOCCCN1C(=O)C2(CC2)NC1c1cccs1. The van der Waals surface area contributed by atoms with Gasteiger partial charge in [0.2, 0.25) is 5.91 Å². The topological polar surface area (TPSA) is 41.6 Å². The van der Waals surface area contributed by atoms with E-state index in [-0.39, 0.29) is 17.6 Å². The largest absolute Gasteiger partial charge is 0.381 e. The molecule has 1 spiro atoms. The van der Waals surface area contributed by atoms with E-state index in [1.54, 1.807) is 11.3 Å². The fourth-order valence-corrected chi connectivity index (χ4v) is 3.55. The Hall–Kier alpha value is -0.910. The molecule has 1 aromatic heterocycles. The van der Waals surface area contributed by atoms with E-state index in [9.17, 15) is 4.79 Å². The number of ether oxygens (including phenoxy) is 1. The van der Waals surface area contributed by atoms with E-state index in [1.165, 1.54) is 4.88 Å². The van der Waals surface area contributed by atoms with Gasteiger partial charge in [-0.25, -0.2) is 0 Å². The number of nitrogens with one attached hydrogen (secondary N) is 1. The monoisotopic (exact) mass is 294 g/mol. The highest BCUT2D eigenvalue weighted by Crippen LogP contribution is 2.46. The molecule has 1 amide bonds. The second-order valence-corrected chi connectivity index (χ2v) is 6.59. The predicted octanol–water partition coefficient (Wildman–Crippen LogP) is 2.53. The second kappa shape index (κ2) is 5.84. The molecule has 0 aromatic carbocycles. The number of amides is 1. The van der Waals surface area contributed by atoms with Gasteiger partial charge in [0.15, 0.2) is 0 Å². The minimum Gasteiger partial charge on any atom is -0.381 e. The molecule has 20 heavy (non-hydrogen) atoms. The van der Waals surface area contributed by atoms with Crippen LogP contribution >= 0.6 is 11.3 Å². The van der Waals surface area contributed by atoms with Crippen molar-refractivity contribution in [1.82, 2.24) is 10.2 Å². The standard InChI is InChI=1S/C15H22N2O2S/c1-2-9-19-10-4-8-17-13(12-5-3-11-20-12)16-15(6-7-15)14(17)18/h3,5,11,13,16H,2,4,6-10H2,1H3. The third-order valence-electron chi connectivity index (χ3n) is 3.99. The molecule has 1 N–H and O–H groups in total. The summed E-state index contributed by atoms with van der Waals surface area (Å²) in [5.74, 6) is 0.284. The molecule has 1 aliphatic carbocycles. The highest BCUT2D eigenvalue weighted by Gasteiger charge is 2.59. The zero-order chi connectivity index (χ0) is 14.0. The fourth-order valence-electron chi connectivity index (χ4n) is 2.76. The van der Waals surface area contributed by atoms with Crippen molar-refractivity contribution >= 4 is 17.2 Å². The van der Waals surface area contributed by atoms with E-state index in [0.717, 1.165) is 45.4 Å². The normalized spacial score (nSPS) is 23.8. The van der Waals surface area contributed by atoms with Crippen molar-refractivity contribution in [2.75, 3.05) is 19.8 Å². The minimum absolute atomic E-state index is 0.0659. The molecule has 1 saturated heterocycles.